The summed E-state index contributed by atoms with van der Waals surface area (Å²) in [7, 11) is 0. The highest BCUT2D eigenvalue weighted by atomic mass is 32.1. The first-order chi connectivity index (χ1) is 20.2. The summed E-state index contributed by atoms with van der Waals surface area (Å²) in [5.74, 6) is 0. The van der Waals surface area contributed by atoms with Crippen LogP contribution in [-0.4, -0.2) is 8.80 Å². The summed E-state index contributed by atoms with van der Waals surface area (Å²) in [6, 6.07) is 35.0. The molecular formula is C36H18N2O2S. The lowest BCUT2D eigenvalue weighted by Crippen LogP contribution is -2.13. The van der Waals surface area contributed by atoms with Gasteiger partial charge in [0.15, 0.2) is 0 Å². The first-order valence-corrected chi connectivity index (χ1v) is 14.5. The second-order valence-corrected chi connectivity index (χ2v) is 11.8. The predicted octanol–water partition coefficient (Wildman–Crippen LogP) is 8.44. The quantitative estimate of drug-likeness (QED) is 0.195. The average Bonchev–Trinajstić information content (AvgIpc) is 3.71. The summed E-state index contributed by atoms with van der Waals surface area (Å²) < 4.78 is 4.86. The maximum Gasteiger partial charge on any atom is 0.263 e. The van der Waals surface area contributed by atoms with Crippen LogP contribution in [0.1, 0.15) is 0 Å². The van der Waals surface area contributed by atoms with E-state index < -0.39 is 0 Å². The van der Waals surface area contributed by atoms with E-state index in [1.165, 1.54) is 0 Å². The van der Waals surface area contributed by atoms with Gasteiger partial charge in [-0.05, 0) is 63.7 Å². The van der Waals surface area contributed by atoms with Crippen LogP contribution < -0.4 is 11.1 Å². The number of benzene rings is 5. The molecule has 10 aromatic rings. The topological polar surface area (TPSA) is 43.0 Å². The Labute approximate surface area is 235 Å². The zero-order valence-corrected chi connectivity index (χ0v) is 22.3. The Balaban J connectivity index is 1.36. The molecule has 0 fully saturated rings. The Morgan fingerprint density at radius 2 is 1.05 bits per heavy atom. The molecule has 0 saturated carbocycles. The van der Waals surface area contributed by atoms with E-state index in [1.54, 1.807) is 11.3 Å². The highest BCUT2D eigenvalue weighted by Gasteiger charge is 2.20. The number of fused-ring (bicyclic) bond motifs is 10. The van der Waals surface area contributed by atoms with E-state index in [4.69, 9.17) is 0 Å². The van der Waals surface area contributed by atoms with Crippen molar-refractivity contribution in [3.8, 4) is 11.1 Å². The van der Waals surface area contributed by atoms with Crippen molar-refractivity contribution in [3.05, 3.63) is 129 Å². The molecule has 0 aliphatic heterocycles. The van der Waals surface area contributed by atoms with Gasteiger partial charge in [0.2, 0.25) is 0 Å². The van der Waals surface area contributed by atoms with Gasteiger partial charge in [0.05, 0.1) is 26.8 Å². The molecule has 5 aromatic carbocycles. The Hall–Kier alpha value is -5.26. The molecule has 5 heteroatoms. The lowest BCUT2D eigenvalue weighted by atomic mass is 9.96. The third kappa shape index (κ3) is 2.51. The highest BCUT2D eigenvalue weighted by molar-refractivity contribution is 7.18. The lowest BCUT2D eigenvalue weighted by molar-refractivity contribution is 1.21. The van der Waals surface area contributed by atoms with Crippen LogP contribution in [0.2, 0.25) is 0 Å². The smallest absolute Gasteiger partial charge is 0.263 e. The number of rotatable bonds is 1. The van der Waals surface area contributed by atoms with Crippen molar-refractivity contribution in [3.63, 3.8) is 0 Å². The molecule has 41 heavy (non-hydrogen) atoms. The molecule has 10 rings (SSSR count). The molecule has 0 spiro atoms. The van der Waals surface area contributed by atoms with E-state index in [1.807, 2.05) is 68.8 Å². The molecule has 4 nitrogen and oxygen atoms in total. The van der Waals surface area contributed by atoms with Crippen LogP contribution in [0.3, 0.4) is 0 Å². The van der Waals surface area contributed by atoms with Gasteiger partial charge in [0, 0.05) is 37.7 Å². The minimum atomic E-state index is -0.00286. The molecule has 0 amide bonds. The van der Waals surface area contributed by atoms with E-state index in [2.05, 4.69) is 48.5 Å². The molecule has 0 bridgehead atoms. The van der Waals surface area contributed by atoms with Crippen molar-refractivity contribution in [2.24, 2.45) is 0 Å². The van der Waals surface area contributed by atoms with Crippen LogP contribution in [0.4, 0.5) is 0 Å². The summed E-state index contributed by atoms with van der Waals surface area (Å²) in [5.41, 5.74) is 5.85. The van der Waals surface area contributed by atoms with Crippen molar-refractivity contribution in [1.29, 1.82) is 0 Å². The molecule has 5 heterocycles. The number of hydrogen-bond acceptors (Lipinski definition) is 3. The highest BCUT2D eigenvalue weighted by Crippen LogP contribution is 2.41. The molecule has 0 unspecified atom stereocenters. The molecular weight excluding hydrogens is 524 g/mol. The first-order valence-electron chi connectivity index (χ1n) is 13.6. The molecule has 190 valence electrons. The third-order valence-corrected chi connectivity index (χ3v) is 9.82. The van der Waals surface area contributed by atoms with Crippen LogP contribution in [0.25, 0.3) is 86.4 Å². The Morgan fingerprint density at radius 3 is 1.93 bits per heavy atom. The van der Waals surface area contributed by atoms with Gasteiger partial charge in [-0.2, -0.15) is 0 Å². The SMILES string of the molecule is O=c1c2cc(-c3cc4c5ccccc5c(=O)n5c6ccsc6c(c3)c45)ccc2c2cccc3c4ccccc4n1c23. The van der Waals surface area contributed by atoms with Gasteiger partial charge in [-0.3, -0.25) is 18.4 Å². The second-order valence-electron chi connectivity index (χ2n) is 10.9. The van der Waals surface area contributed by atoms with Gasteiger partial charge < -0.3 is 0 Å². The number of hydrogen-bond donors (Lipinski definition) is 0. The number of pyridine rings is 2. The van der Waals surface area contributed by atoms with Crippen LogP contribution in [0, 0.1) is 0 Å². The number of para-hydroxylation sites is 2. The van der Waals surface area contributed by atoms with Crippen LogP contribution in [0.5, 0.6) is 0 Å². The number of aromatic nitrogens is 2. The largest absolute Gasteiger partial charge is 0.275 e. The van der Waals surface area contributed by atoms with Crippen molar-refractivity contribution in [1.82, 2.24) is 8.80 Å². The summed E-state index contributed by atoms with van der Waals surface area (Å²) >= 11 is 1.66. The Bertz CT molecular complexity index is 2850. The zero-order chi connectivity index (χ0) is 27.0. The normalized spacial score (nSPS) is 12.6. The molecule has 0 aliphatic carbocycles. The van der Waals surface area contributed by atoms with Crippen LogP contribution in [0.15, 0.2) is 118 Å². The average molecular weight is 543 g/mol. The standard InChI is InChI=1S/C36H18N2O2S/c39-35-26-8-2-1-6-21(26)27-17-20(18-29-33(27)38(35)31-14-15-41-34(29)31)19-12-13-22-24-9-5-10-25-23-7-3-4-11-30(23)37(32(24)25)36(40)28(22)16-19/h1-18H. The van der Waals surface area contributed by atoms with Crippen molar-refractivity contribution >= 4 is 86.6 Å². The van der Waals surface area contributed by atoms with Gasteiger partial charge in [0.25, 0.3) is 11.1 Å². The fourth-order valence-corrected chi connectivity index (χ4v) is 8.06. The summed E-state index contributed by atoms with van der Waals surface area (Å²) in [6.07, 6.45) is 0. The molecule has 0 N–H and O–H groups in total. The van der Waals surface area contributed by atoms with Crippen molar-refractivity contribution in [2.75, 3.05) is 0 Å². The van der Waals surface area contributed by atoms with Gasteiger partial charge in [-0.25, -0.2) is 0 Å². The van der Waals surface area contributed by atoms with Crippen LogP contribution >= 0.6 is 11.3 Å². The van der Waals surface area contributed by atoms with Gasteiger partial charge in [-0.15, -0.1) is 11.3 Å². The zero-order valence-electron chi connectivity index (χ0n) is 21.5. The monoisotopic (exact) mass is 542 g/mol. The van der Waals surface area contributed by atoms with E-state index in [9.17, 15) is 9.59 Å². The fraction of sp³-hybridized carbons (Fsp3) is 0. The second kappa shape index (κ2) is 7.27. The minimum absolute atomic E-state index is 0.00286. The summed E-state index contributed by atoms with van der Waals surface area (Å²) in [5, 5.41) is 10.8. The van der Waals surface area contributed by atoms with Gasteiger partial charge >= 0.3 is 0 Å². The van der Waals surface area contributed by atoms with Crippen molar-refractivity contribution < 1.29 is 0 Å². The van der Waals surface area contributed by atoms with Crippen molar-refractivity contribution in [2.45, 2.75) is 0 Å². The Morgan fingerprint density at radius 1 is 0.439 bits per heavy atom. The lowest BCUT2D eigenvalue weighted by Gasteiger charge is -2.11. The first kappa shape index (κ1) is 21.5. The number of nitrogens with zero attached hydrogens (tertiary/aromatic N) is 2. The molecule has 0 saturated heterocycles. The third-order valence-electron chi connectivity index (χ3n) is 8.89. The molecule has 0 radical (unpaired) electrons. The van der Waals surface area contributed by atoms with E-state index >= 15 is 0 Å². The van der Waals surface area contributed by atoms with Crippen LogP contribution in [-0.2, 0) is 0 Å². The van der Waals surface area contributed by atoms with E-state index in [0.29, 0.717) is 10.8 Å². The van der Waals surface area contributed by atoms with Gasteiger partial charge in [-0.1, -0.05) is 66.7 Å². The molecule has 0 atom stereocenters. The van der Waals surface area contributed by atoms with E-state index in [0.717, 1.165) is 75.6 Å². The predicted molar refractivity (Wildman–Crippen MR) is 172 cm³/mol. The number of thiophene rings is 1. The molecule has 5 aromatic heterocycles. The van der Waals surface area contributed by atoms with E-state index in [-0.39, 0.29) is 11.1 Å². The molecule has 0 aliphatic rings. The minimum Gasteiger partial charge on any atom is -0.275 e. The summed E-state index contributed by atoms with van der Waals surface area (Å²) in [6.45, 7) is 0. The fourth-order valence-electron chi connectivity index (χ4n) is 7.16. The van der Waals surface area contributed by atoms with Gasteiger partial charge in [0.1, 0.15) is 0 Å². The Kier molecular flexibility index (Phi) is 3.82. The maximum absolute atomic E-state index is 14.2. The summed E-state index contributed by atoms with van der Waals surface area (Å²) in [4.78, 5) is 27.8. The maximum atomic E-state index is 14.2.